The van der Waals surface area contributed by atoms with Gasteiger partial charge < -0.3 is 35.6 Å². The van der Waals surface area contributed by atoms with Gasteiger partial charge in [0.2, 0.25) is 6.29 Å². The van der Waals surface area contributed by atoms with Gasteiger partial charge in [-0.2, -0.15) is 0 Å². The molecule has 0 bridgehead atoms. The van der Waals surface area contributed by atoms with Crippen LogP contribution in [0.3, 0.4) is 0 Å². The average Bonchev–Trinajstić information content (AvgIpc) is 3.07. The molecule has 0 unspecified atom stereocenters. The van der Waals surface area contributed by atoms with Crippen LogP contribution in [0.1, 0.15) is 23.6 Å². The molecular weight excluding hydrogens is 362 g/mol. The zero-order valence-corrected chi connectivity index (χ0v) is 15.6. The van der Waals surface area contributed by atoms with Crippen LogP contribution in [-0.2, 0) is 17.6 Å². The molecule has 28 heavy (non-hydrogen) atoms. The molecule has 1 saturated carbocycles. The molecule has 1 aliphatic heterocycles. The zero-order chi connectivity index (χ0) is 20.1. The lowest BCUT2D eigenvalue weighted by Crippen LogP contribution is -2.41. The molecular formula is C21H25NO6. The first-order valence-corrected chi connectivity index (χ1v) is 9.35. The summed E-state index contributed by atoms with van der Waals surface area (Å²) in [5, 5.41) is 40.2. The predicted molar refractivity (Wildman–Crippen MR) is 102 cm³/mol. The van der Waals surface area contributed by atoms with Crippen LogP contribution in [0.4, 0.5) is 5.69 Å². The second kappa shape index (κ2) is 6.72. The number of benzene rings is 2. The van der Waals surface area contributed by atoms with E-state index in [1.807, 2.05) is 6.07 Å². The maximum atomic E-state index is 10.4. The number of aryl methyl sites for hydroxylation is 1. The molecule has 2 fully saturated rings. The highest BCUT2D eigenvalue weighted by molar-refractivity contribution is 5.50. The SMILES string of the molecule is CCc1ccc(Cc2ccc(N)cc2O[C@H]2O[C@@]3(CO)[C@@H](O)[C@@]3(O)[C@H]2O)cc1. The number of rotatable bonds is 6. The Balaban J connectivity index is 1.56. The van der Waals surface area contributed by atoms with Gasteiger partial charge in [-0.25, -0.2) is 0 Å². The molecule has 0 amide bonds. The van der Waals surface area contributed by atoms with Gasteiger partial charge >= 0.3 is 0 Å². The Labute approximate surface area is 163 Å². The summed E-state index contributed by atoms with van der Waals surface area (Å²) in [6.45, 7) is 1.47. The number of hydrogen-bond donors (Lipinski definition) is 5. The molecule has 0 radical (unpaired) electrons. The second-order valence-electron chi connectivity index (χ2n) is 7.54. The normalized spacial score (nSPS) is 33.5. The van der Waals surface area contributed by atoms with E-state index in [0.717, 1.165) is 17.5 Å². The first kappa shape index (κ1) is 19.2. The van der Waals surface area contributed by atoms with E-state index in [0.29, 0.717) is 17.9 Å². The second-order valence-corrected chi connectivity index (χ2v) is 7.54. The van der Waals surface area contributed by atoms with Crippen molar-refractivity contribution in [2.45, 2.75) is 49.5 Å². The molecule has 2 aromatic rings. The minimum Gasteiger partial charge on any atom is -0.462 e. The van der Waals surface area contributed by atoms with Crippen LogP contribution in [0.2, 0.25) is 0 Å². The van der Waals surface area contributed by atoms with E-state index < -0.39 is 36.3 Å². The van der Waals surface area contributed by atoms with Gasteiger partial charge in [-0.05, 0) is 29.2 Å². The van der Waals surface area contributed by atoms with Gasteiger partial charge in [0.05, 0.1) is 6.61 Å². The summed E-state index contributed by atoms with van der Waals surface area (Å²) >= 11 is 0. The lowest BCUT2D eigenvalue weighted by molar-refractivity contribution is -0.170. The van der Waals surface area contributed by atoms with Crippen molar-refractivity contribution in [3.8, 4) is 5.75 Å². The van der Waals surface area contributed by atoms with Crippen molar-refractivity contribution < 1.29 is 29.9 Å². The van der Waals surface area contributed by atoms with Crippen LogP contribution >= 0.6 is 0 Å². The monoisotopic (exact) mass is 387 g/mol. The molecule has 7 heteroatoms. The summed E-state index contributed by atoms with van der Waals surface area (Å²) in [5.74, 6) is 0.413. The van der Waals surface area contributed by atoms with Gasteiger partial charge in [-0.15, -0.1) is 0 Å². The molecule has 6 N–H and O–H groups in total. The smallest absolute Gasteiger partial charge is 0.230 e. The summed E-state index contributed by atoms with van der Waals surface area (Å²) in [6, 6.07) is 13.5. The Kier molecular flexibility index (Phi) is 4.60. The van der Waals surface area contributed by atoms with Crippen molar-refractivity contribution in [1.82, 2.24) is 0 Å². The highest BCUT2D eigenvalue weighted by Gasteiger charge is 2.87. The third-order valence-corrected chi connectivity index (χ3v) is 5.88. The Morgan fingerprint density at radius 3 is 2.39 bits per heavy atom. The van der Waals surface area contributed by atoms with Gasteiger partial charge in [0, 0.05) is 18.2 Å². The summed E-state index contributed by atoms with van der Waals surface area (Å²) < 4.78 is 11.3. The van der Waals surface area contributed by atoms with Gasteiger partial charge in [-0.1, -0.05) is 37.3 Å². The number of aliphatic hydroxyl groups excluding tert-OH is 3. The predicted octanol–water partition coefficient (Wildman–Crippen LogP) is 0.355. The first-order valence-electron chi connectivity index (χ1n) is 9.35. The topological polar surface area (TPSA) is 125 Å². The van der Waals surface area contributed by atoms with Crippen molar-refractivity contribution in [1.29, 1.82) is 0 Å². The third-order valence-electron chi connectivity index (χ3n) is 5.88. The van der Waals surface area contributed by atoms with Crippen LogP contribution in [0.5, 0.6) is 5.75 Å². The maximum absolute atomic E-state index is 10.4. The highest BCUT2D eigenvalue weighted by Crippen LogP contribution is 2.59. The average molecular weight is 387 g/mol. The van der Waals surface area contributed by atoms with E-state index in [2.05, 4.69) is 31.2 Å². The molecule has 1 heterocycles. The lowest BCUT2D eigenvalue weighted by Gasteiger charge is -2.24. The van der Waals surface area contributed by atoms with Crippen LogP contribution in [0, 0.1) is 0 Å². The molecule has 0 spiro atoms. The number of hydrogen-bond acceptors (Lipinski definition) is 7. The molecule has 150 valence electrons. The Hall–Kier alpha value is -2.16. The van der Waals surface area contributed by atoms with E-state index in [4.69, 9.17) is 15.2 Å². The Morgan fingerprint density at radius 2 is 1.79 bits per heavy atom. The number of ether oxygens (including phenoxy) is 2. The Morgan fingerprint density at radius 1 is 1.11 bits per heavy atom. The van der Waals surface area contributed by atoms with Crippen LogP contribution < -0.4 is 10.5 Å². The van der Waals surface area contributed by atoms with Gasteiger partial charge in [0.25, 0.3) is 0 Å². The van der Waals surface area contributed by atoms with Crippen molar-refractivity contribution in [3.05, 3.63) is 59.2 Å². The number of nitrogens with two attached hydrogens (primary N) is 1. The molecule has 2 aliphatic rings. The van der Waals surface area contributed by atoms with E-state index in [9.17, 15) is 20.4 Å². The van der Waals surface area contributed by atoms with Crippen molar-refractivity contribution in [3.63, 3.8) is 0 Å². The van der Waals surface area contributed by atoms with Gasteiger partial charge in [0.15, 0.2) is 17.3 Å². The fourth-order valence-corrected chi connectivity index (χ4v) is 3.95. The van der Waals surface area contributed by atoms with E-state index in [1.165, 1.54) is 5.56 Å². The highest BCUT2D eigenvalue weighted by atomic mass is 16.7. The van der Waals surface area contributed by atoms with Crippen LogP contribution in [-0.4, -0.2) is 56.7 Å². The molecule has 1 saturated heterocycles. The summed E-state index contributed by atoms with van der Waals surface area (Å²) in [5.41, 5.74) is 5.98. The third kappa shape index (κ3) is 2.70. The van der Waals surface area contributed by atoms with Crippen molar-refractivity contribution in [2.75, 3.05) is 12.3 Å². The molecule has 1 aliphatic carbocycles. The number of anilines is 1. The molecule has 0 aromatic heterocycles. The van der Waals surface area contributed by atoms with Crippen molar-refractivity contribution >= 4 is 5.69 Å². The summed E-state index contributed by atoms with van der Waals surface area (Å²) in [7, 11) is 0. The van der Waals surface area contributed by atoms with Gasteiger partial charge in [-0.3, -0.25) is 0 Å². The summed E-state index contributed by atoms with van der Waals surface area (Å²) in [4.78, 5) is 0. The number of fused-ring (bicyclic) bond motifs is 1. The van der Waals surface area contributed by atoms with E-state index in [1.54, 1.807) is 12.1 Å². The zero-order valence-electron chi connectivity index (χ0n) is 15.6. The van der Waals surface area contributed by atoms with Crippen LogP contribution in [0.15, 0.2) is 42.5 Å². The van der Waals surface area contributed by atoms with Gasteiger partial charge in [0.1, 0.15) is 11.9 Å². The lowest BCUT2D eigenvalue weighted by atomic mass is 10.0. The Bertz CT molecular complexity index is 868. The van der Waals surface area contributed by atoms with Crippen molar-refractivity contribution in [2.24, 2.45) is 0 Å². The minimum absolute atomic E-state index is 0.413. The molecule has 5 atom stereocenters. The minimum atomic E-state index is -1.94. The van der Waals surface area contributed by atoms with E-state index >= 15 is 0 Å². The quantitative estimate of drug-likeness (QED) is 0.453. The number of aliphatic hydroxyl groups is 4. The summed E-state index contributed by atoms with van der Waals surface area (Å²) in [6.07, 6.45) is -2.55. The fraction of sp³-hybridized carbons (Fsp3) is 0.429. The molecule has 4 rings (SSSR count). The maximum Gasteiger partial charge on any atom is 0.230 e. The molecule has 2 aromatic carbocycles. The first-order chi connectivity index (χ1) is 13.4. The standard InChI is InChI=1S/C21H25NO6/c1-2-12-3-5-13(6-4-12)9-14-7-8-15(22)10-16(14)27-18-17(24)21(26)19(25)20(21,11-23)28-18/h3-8,10,17-19,23-26H,2,9,11,22H2,1H3/t17-,18-,19+,20-,21-/m0/s1. The fourth-order valence-electron chi connectivity index (χ4n) is 3.95. The number of nitrogen functional groups attached to an aromatic ring is 1. The largest absolute Gasteiger partial charge is 0.462 e. The van der Waals surface area contributed by atoms with E-state index in [-0.39, 0.29) is 0 Å². The van der Waals surface area contributed by atoms with Crippen LogP contribution in [0.25, 0.3) is 0 Å². The molecule has 7 nitrogen and oxygen atoms in total.